The Morgan fingerprint density at radius 2 is 1.76 bits per heavy atom. The van der Waals surface area contributed by atoms with Gasteiger partial charge in [0.25, 0.3) is 5.24 Å². The van der Waals surface area contributed by atoms with Gasteiger partial charge in [-0.1, -0.05) is 30.0 Å². The Morgan fingerprint density at radius 3 is 2.34 bits per heavy atom. The molecule has 14 heteroatoms. The van der Waals surface area contributed by atoms with Gasteiger partial charge in [-0.25, -0.2) is 8.42 Å². The van der Waals surface area contributed by atoms with Gasteiger partial charge in [0, 0.05) is 18.3 Å². The summed E-state index contributed by atoms with van der Waals surface area (Å²) in [7, 11) is -3.60. The second-order valence-corrected chi connectivity index (χ2v) is 12.0. The lowest BCUT2D eigenvalue weighted by atomic mass is 10.0. The summed E-state index contributed by atoms with van der Waals surface area (Å²) in [6.45, 7) is 1.99. The Bertz CT molecular complexity index is 1230. The minimum Gasteiger partial charge on any atom is -0.506 e. The standard InChI is InChI=1S/C24H30N4O6S2.2ClH/c1-36(33,34)27-19-13-16(4-7-20(19)29)21(30)14-28(18-8-10-25-11-9-18)17-5-2-15(3-6-17)12-22-23(31)26-24(32)35-22;;/h2-7,13,18,21-22,25,27,29-30H,8-12,14H2,1H3,(H,26,31,32);2*1H. The first-order chi connectivity index (χ1) is 17.1. The minimum atomic E-state index is -3.60. The summed E-state index contributed by atoms with van der Waals surface area (Å²) >= 11 is 1.00. The third kappa shape index (κ3) is 8.39. The van der Waals surface area contributed by atoms with E-state index in [4.69, 9.17) is 0 Å². The van der Waals surface area contributed by atoms with Gasteiger partial charge in [0.15, 0.2) is 0 Å². The topological polar surface area (TPSA) is 148 Å². The number of sulfonamides is 1. The van der Waals surface area contributed by atoms with Crippen LogP contribution >= 0.6 is 36.6 Å². The van der Waals surface area contributed by atoms with Crippen molar-refractivity contribution in [3.05, 3.63) is 53.6 Å². The SMILES string of the molecule is CS(=O)(=O)Nc1cc(C(O)CN(c2ccc(CC3SC(=O)NC3=O)cc2)C2CCNCC2)ccc1O.Cl.Cl. The van der Waals surface area contributed by atoms with Crippen molar-refractivity contribution >= 4 is 69.1 Å². The Hall–Kier alpha value is -2.22. The number of anilines is 2. The number of nitrogens with one attached hydrogen (secondary N) is 3. The Balaban J connectivity index is 0.00000253. The molecule has 2 aromatic rings. The number of halogens is 2. The smallest absolute Gasteiger partial charge is 0.286 e. The van der Waals surface area contributed by atoms with E-state index < -0.39 is 21.4 Å². The molecule has 0 aromatic heterocycles. The number of phenolic OH excluding ortho intramolecular Hbond substituents is 1. The van der Waals surface area contributed by atoms with Crippen LogP contribution in [0.5, 0.6) is 5.75 Å². The van der Waals surface area contributed by atoms with Gasteiger partial charge in [-0.15, -0.1) is 24.8 Å². The quantitative estimate of drug-likeness (QED) is 0.272. The number of aliphatic hydroxyl groups is 1. The Morgan fingerprint density at radius 1 is 1.11 bits per heavy atom. The predicted octanol–water partition coefficient (Wildman–Crippen LogP) is 2.79. The maximum atomic E-state index is 11.9. The fraction of sp³-hybridized carbons (Fsp3) is 0.417. The zero-order chi connectivity index (χ0) is 25.9. The molecule has 2 fully saturated rings. The summed E-state index contributed by atoms with van der Waals surface area (Å²) in [5.74, 6) is -0.495. The van der Waals surface area contributed by atoms with Crippen LogP contribution in [0.4, 0.5) is 16.2 Å². The Kier molecular flexibility index (Phi) is 11.6. The van der Waals surface area contributed by atoms with Gasteiger partial charge in [0.1, 0.15) is 5.75 Å². The Labute approximate surface area is 238 Å². The molecule has 0 spiro atoms. The maximum Gasteiger partial charge on any atom is 0.286 e. The molecule has 0 bridgehead atoms. The summed E-state index contributed by atoms with van der Waals surface area (Å²) in [6.07, 6.45) is 2.29. The van der Waals surface area contributed by atoms with E-state index in [9.17, 15) is 28.2 Å². The molecule has 5 N–H and O–H groups in total. The first-order valence-corrected chi connectivity index (χ1v) is 14.4. The second kappa shape index (κ2) is 13.7. The number of aliphatic hydroxyl groups excluding tert-OH is 1. The van der Waals surface area contributed by atoms with Crippen molar-refractivity contribution in [2.24, 2.45) is 0 Å². The van der Waals surface area contributed by atoms with Crippen LogP contribution in [0.2, 0.25) is 0 Å². The maximum absolute atomic E-state index is 11.9. The van der Waals surface area contributed by atoms with E-state index in [2.05, 4.69) is 20.3 Å². The molecule has 2 aliphatic rings. The number of amides is 2. The van der Waals surface area contributed by atoms with E-state index in [-0.39, 0.29) is 60.0 Å². The van der Waals surface area contributed by atoms with Gasteiger partial charge in [-0.3, -0.25) is 19.6 Å². The van der Waals surface area contributed by atoms with E-state index in [1.54, 1.807) is 6.07 Å². The van der Waals surface area contributed by atoms with Crippen LogP contribution in [0.25, 0.3) is 0 Å². The number of imide groups is 1. The average Bonchev–Trinajstić information content (AvgIpc) is 3.15. The summed E-state index contributed by atoms with van der Waals surface area (Å²) < 4.78 is 25.5. The molecule has 210 valence electrons. The number of thioether (sulfide) groups is 1. The largest absolute Gasteiger partial charge is 0.506 e. The van der Waals surface area contributed by atoms with Crippen molar-refractivity contribution in [2.75, 3.05) is 35.5 Å². The highest BCUT2D eigenvalue weighted by Gasteiger charge is 2.31. The van der Waals surface area contributed by atoms with Gasteiger partial charge in [0.05, 0.1) is 23.3 Å². The lowest BCUT2D eigenvalue weighted by molar-refractivity contribution is -0.118. The normalized spacial score (nSPS) is 18.6. The average molecular weight is 608 g/mol. The molecule has 2 atom stereocenters. The molecule has 2 heterocycles. The number of hydrogen-bond acceptors (Lipinski definition) is 9. The number of phenols is 1. The molecule has 10 nitrogen and oxygen atoms in total. The summed E-state index contributed by atoms with van der Waals surface area (Å²) in [5.41, 5.74) is 2.34. The molecule has 0 saturated carbocycles. The van der Waals surface area contributed by atoms with E-state index in [1.165, 1.54) is 12.1 Å². The van der Waals surface area contributed by atoms with Crippen molar-refractivity contribution in [1.82, 2.24) is 10.6 Å². The van der Waals surface area contributed by atoms with Crippen LogP contribution in [0.3, 0.4) is 0 Å². The summed E-state index contributed by atoms with van der Waals surface area (Å²) in [6, 6.07) is 12.3. The summed E-state index contributed by atoms with van der Waals surface area (Å²) in [4.78, 5) is 25.5. The number of aromatic hydroxyl groups is 1. The fourth-order valence-electron chi connectivity index (χ4n) is 4.48. The fourth-order valence-corrected chi connectivity index (χ4v) is 5.91. The number of benzene rings is 2. The number of carbonyl (C=O) groups excluding carboxylic acids is 2. The first kappa shape index (κ1) is 32.0. The molecular formula is C24H32Cl2N4O6S2. The molecular weight excluding hydrogens is 575 g/mol. The van der Waals surface area contributed by atoms with E-state index >= 15 is 0 Å². The molecule has 0 aliphatic carbocycles. The zero-order valence-electron chi connectivity index (χ0n) is 20.6. The molecule has 38 heavy (non-hydrogen) atoms. The lowest BCUT2D eigenvalue weighted by Gasteiger charge is -2.38. The van der Waals surface area contributed by atoms with Gasteiger partial charge in [-0.05, 0) is 67.7 Å². The highest BCUT2D eigenvalue weighted by molar-refractivity contribution is 8.15. The van der Waals surface area contributed by atoms with Gasteiger partial charge >= 0.3 is 0 Å². The number of hydrogen-bond donors (Lipinski definition) is 5. The molecule has 2 aliphatic heterocycles. The van der Waals surface area contributed by atoms with Crippen molar-refractivity contribution in [3.8, 4) is 5.75 Å². The molecule has 2 amide bonds. The van der Waals surface area contributed by atoms with E-state index in [0.29, 0.717) is 12.0 Å². The monoisotopic (exact) mass is 606 g/mol. The van der Waals surface area contributed by atoms with Crippen LogP contribution < -0.4 is 20.3 Å². The van der Waals surface area contributed by atoms with Crippen LogP contribution in [0, 0.1) is 0 Å². The van der Waals surface area contributed by atoms with Crippen molar-refractivity contribution in [3.63, 3.8) is 0 Å². The molecule has 2 unspecified atom stereocenters. The third-order valence-electron chi connectivity index (χ3n) is 6.28. The van der Waals surface area contributed by atoms with Gasteiger partial charge < -0.3 is 20.4 Å². The highest BCUT2D eigenvalue weighted by Crippen LogP contribution is 2.31. The van der Waals surface area contributed by atoms with Crippen molar-refractivity contribution in [2.45, 2.75) is 36.7 Å². The van der Waals surface area contributed by atoms with Crippen LogP contribution in [0.1, 0.15) is 30.1 Å². The summed E-state index contributed by atoms with van der Waals surface area (Å²) in [5, 5.41) is 26.0. The van der Waals surface area contributed by atoms with Gasteiger partial charge in [0.2, 0.25) is 15.9 Å². The molecule has 4 rings (SSSR count). The second-order valence-electron chi connectivity index (χ2n) is 9.05. The molecule has 2 saturated heterocycles. The zero-order valence-corrected chi connectivity index (χ0v) is 23.9. The van der Waals surface area contributed by atoms with Crippen LogP contribution in [-0.2, 0) is 21.2 Å². The van der Waals surface area contributed by atoms with Crippen molar-refractivity contribution in [1.29, 1.82) is 0 Å². The van der Waals surface area contributed by atoms with Crippen LogP contribution in [0.15, 0.2) is 42.5 Å². The predicted molar refractivity (Wildman–Crippen MR) is 154 cm³/mol. The number of rotatable bonds is 9. The van der Waals surface area contributed by atoms with E-state index in [1.807, 2.05) is 24.3 Å². The number of nitrogens with zero attached hydrogens (tertiary/aromatic N) is 1. The lowest BCUT2D eigenvalue weighted by Crippen LogP contribution is -2.45. The number of carbonyl (C=O) groups is 2. The molecule has 2 aromatic carbocycles. The first-order valence-electron chi connectivity index (χ1n) is 11.7. The van der Waals surface area contributed by atoms with Crippen molar-refractivity contribution < 1.29 is 28.2 Å². The third-order valence-corrected chi connectivity index (χ3v) is 7.85. The van der Waals surface area contributed by atoms with Gasteiger partial charge in [-0.2, -0.15) is 0 Å². The van der Waals surface area contributed by atoms with E-state index in [0.717, 1.165) is 55.2 Å². The number of piperidine rings is 1. The highest BCUT2D eigenvalue weighted by atomic mass is 35.5. The molecule has 0 radical (unpaired) electrons. The minimum absolute atomic E-state index is 0. The van der Waals surface area contributed by atoms with Crippen LogP contribution in [-0.4, -0.2) is 67.0 Å².